The highest BCUT2D eigenvalue weighted by Crippen LogP contribution is 2.46. The maximum Gasteiger partial charge on any atom is 0.165 e. The van der Waals surface area contributed by atoms with Crippen LogP contribution in [0.1, 0.15) is 57.6 Å². The van der Waals surface area contributed by atoms with E-state index in [2.05, 4.69) is 19.2 Å². The molecule has 1 unspecified atom stereocenters. The van der Waals surface area contributed by atoms with Crippen molar-refractivity contribution in [2.24, 2.45) is 5.41 Å². The molecule has 0 amide bonds. The summed E-state index contributed by atoms with van der Waals surface area (Å²) < 4.78 is 19.0. The van der Waals surface area contributed by atoms with Gasteiger partial charge in [0.15, 0.2) is 11.6 Å². The molecule has 20 heavy (non-hydrogen) atoms. The van der Waals surface area contributed by atoms with Crippen LogP contribution in [0.25, 0.3) is 0 Å². The number of benzene rings is 1. The van der Waals surface area contributed by atoms with E-state index in [0.29, 0.717) is 5.75 Å². The molecule has 0 bridgehead atoms. The molecule has 1 aliphatic rings. The average molecular weight is 279 g/mol. The molecule has 0 aromatic heterocycles. The number of ether oxygens (including phenoxy) is 1. The van der Waals surface area contributed by atoms with E-state index in [1.165, 1.54) is 39.2 Å². The molecule has 1 N–H and O–H groups in total. The molecule has 0 heterocycles. The van der Waals surface area contributed by atoms with E-state index >= 15 is 0 Å². The summed E-state index contributed by atoms with van der Waals surface area (Å²) in [6, 6.07) is 5.58. The second-order valence-electron chi connectivity index (χ2n) is 6.10. The van der Waals surface area contributed by atoms with Crippen LogP contribution in [-0.4, -0.2) is 13.7 Å². The molecule has 2 nitrogen and oxygen atoms in total. The normalized spacial score (nSPS) is 19.6. The van der Waals surface area contributed by atoms with E-state index in [0.717, 1.165) is 12.1 Å². The fraction of sp³-hybridized carbons (Fsp3) is 0.647. The molecule has 0 aliphatic heterocycles. The van der Waals surface area contributed by atoms with Crippen LogP contribution >= 0.6 is 0 Å². The molecular weight excluding hydrogens is 253 g/mol. The quantitative estimate of drug-likeness (QED) is 0.859. The third kappa shape index (κ3) is 3.14. The first-order valence-corrected chi connectivity index (χ1v) is 7.67. The summed E-state index contributed by atoms with van der Waals surface area (Å²) in [6.07, 6.45) is 6.29. The van der Waals surface area contributed by atoms with Crippen LogP contribution in [0.5, 0.6) is 5.75 Å². The van der Waals surface area contributed by atoms with Crippen molar-refractivity contribution in [3.8, 4) is 5.75 Å². The summed E-state index contributed by atoms with van der Waals surface area (Å²) in [6.45, 7) is 5.34. The monoisotopic (exact) mass is 279 g/mol. The summed E-state index contributed by atoms with van der Waals surface area (Å²) >= 11 is 0. The van der Waals surface area contributed by atoms with Gasteiger partial charge in [0.05, 0.1) is 7.11 Å². The molecule has 112 valence electrons. The molecule has 1 fully saturated rings. The van der Waals surface area contributed by atoms with Gasteiger partial charge in [0.25, 0.3) is 0 Å². The Kier molecular flexibility index (Phi) is 5.03. The lowest BCUT2D eigenvalue weighted by molar-refractivity contribution is 0.145. The summed E-state index contributed by atoms with van der Waals surface area (Å²) in [5.41, 5.74) is 1.25. The molecular formula is C17H26FNO. The number of methoxy groups -OCH3 is 1. The van der Waals surface area contributed by atoms with Crippen molar-refractivity contribution in [1.82, 2.24) is 5.32 Å². The second-order valence-corrected chi connectivity index (χ2v) is 6.10. The van der Waals surface area contributed by atoms with Crippen molar-refractivity contribution in [1.29, 1.82) is 0 Å². The molecule has 0 radical (unpaired) electrons. The minimum atomic E-state index is -0.271. The summed E-state index contributed by atoms with van der Waals surface area (Å²) in [5, 5.41) is 3.57. The largest absolute Gasteiger partial charge is 0.494 e. The van der Waals surface area contributed by atoms with Crippen LogP contribution in [0.3, 0.4) is 0 Å². The van der Waals surface area contributed by atoms with E-state index in [1.54, 1.807) is 12.1 Å². The number of halogens is 1. The Labute approximate surface area is 121 Å². The number of hydrogen-bond acceptors (Lipinski definition) is 2. The van der Waals surface area contributed by atoms with E-state index in [4.69, 9.17) is 4.74 Å². The topological polar surface area (TPSA) is 21.3 Å². The van der Waals surface area contributed by atoms with Crippen LogP contribution in [0, 0.1) is 11.2 Å². The highest BCUT2D eigenvalue weighted by molar-refractivity contribution is 5.32. The highest BCUT2D eigenvalue weighted by Gasteiger charge is 2.36. The van der Waals surface area contributed by atoms with Crippen LogP contribution < -0.4 is 10.1 Å². The lowest BCUT2D eigenvalue weighted by Gasteiger charge is -2.41. The first-order chi connectivity index (χ1) is 9.60. The van der Waals surface area contributed by atoms with Crippen molar-refractivity contribution in [2.45, 2.75) is 52.0 Å². The lowest BCUT2D eigenvalue weighted by Crippen LogP contribution is -2.37. The molecule has 2 rings (SSSR count). The van der Waals surface area contributed by atoms with Crippen molar-refractivity contribution < 1.29 is 9.13 Å². The van der Waals surface area contributed by atoms with Gasteiger partial charge in [0.2, 0.25) is 0 Å². The Balaban J connectivity index is 2.30. The third-order valence-corrected chi connectivity index (χ3v) is 4.61. The van der Waals surface area contributed by atoms with Gasteiger partial charge in [-0.05, 0) is 42.5 Å². The van der Waals surface area contributed by atoms with Gasteiger partial charge in [0.1, 0.15) is 0 Å². The SMILES string of the molecule is CCNC(c1ccc(OC)c(F)c1)C1(C)CCCCC1. The first kappa shape index (κ1) is 15.3. The second kappa shape index (κ2) is 6.57. The third-order valence-electron chi connectivity index (χ3n) is 4.61. The molecule has 1 atom stereocenters. The number of nitrogens with one attached hydrogen (secondary N) is 1. The predicted molar refractivity (Wildman–Crippen MR) is 80.6 cm³/mol. The number of rotatable bonds is 5. The highest BCUT2D eigenvalue weighted by atomic mass is 19.1. The summed E-state index contributed by atoms with van der Waals surface area (Å²) in [4.78, 5) is 0. The average Bonchev–Trinajstić information content (AvgIpc) is 2.45. The molecule has 1 saturated carbocycles. The van der Waals surface area contributed by atoms with Gasteiger partial charge in [-0.3, -0.25) is 0 Å². The molecule has 3 heteroatoms. The fourth-order valence-corrected chi connectivity index (χ4v) is 3.48. The van der Waals surface area contributed by atoms with Crippen molar-refractivity contribution >= 4 is 0 Å². The van der Waals surface area contributed by atoms with E-state index < -0.39 is 0 Å². The first-order valence-electron chi connectivity index (χ1n) is 7.67. The molecule has 1 aliphatic carbocycles. The zero-order chi connectivity index (χ0) is 14.6. The summed E-state index contributed by atoms with van der Waals surface area (Å²) in [5.74, 6) is 0.0464. The van der Waals surface area contributed by atoms with Gasteiger partial charge in [0, 0.05) is 6.04 Å². The summed E-state index contributed by atoms with van der Waals surface area (Å²) in [7, 11) is 1.50. The maximum atomic E-state index is 14.0. The van der Waals surface area contributed by atoms with Crippen molar-refractivity contribution in [3.63, 3.8) is 0 Å². The zero-order valence-electron chi connectivity index (χ0n) is 12.8. The van der Waals surface area contributed by atoms with Crippen LogP contribution in [0.2, 0.25) is 0 Å². The zero-order valence-corrected chi connectivity index (χ0v) is 12.8. The van der Waals surface area contributed by atoms with Gasteiger partial charge < -0.3 is 10.1 Å². The smallest absolute Gasteiger partial charge is 0.165 e. The van der Waals surface area contributed by atoms with Crippen molar-refractivity contribution in [2.75, 3.05) is 13.7 Å². The molecule has 0 spiro atoms. The standard InChI is InChI=1S/C17H26FNO/c1-4-19-16(17(2)10-6-5-7-11-17)13-8-9-15(20-3)14(18)12-13/h8-9,12,16,19H,4-7,10-11H2,1-3H3. The van der Waals surface area contributed by atoms with E-state index in [-0.39, 0.29) is 17.3 Å². The predicted octanol–water partition coefficient (Wildman–Crippen LogP) is 4.46. The van der Waals surface area contributed by atoms with Gasteiger partial charge >= 0.3 is 0 Å². The van der Waals surface area contributed by atoms with E-state index in [9.17, 15) is 4.39 Å². The maximum absolute atomic E-state index is 14.0. The van der Waals surface area contributed by atoms with Crippen LogP contribution in [-0.2, 0) is 0 Å². The Hall–Kier alpha value is -1.09. The Bertz CT molecular complexity index is 441. The van der Waals surface area contributed by atoms with Gasteiger partial charge in [-0.1, -0.05) is 39.2 Å². The van der Waals surface area contributed by atoms with Crippen molar-refractivity contribution in [3.05, 3.63) is 29.6 Å². The Morgan fingerprint density at radius 3 is 2.55 bits per heavy atom. The minimum absolute atomic E-state index is 0.216. The van der Waals surface area contributed by atoms with Crippen LogP contribution in [0.4, 0.5) is 4.39 Å². The molecule has 1 aromatic rings. The van der Waals surface area contributed by atoms with Gasteiger partial charge in [-0.2, -0.15) is 0 Å². The molecule has 1 aromatic carbocycles. The minimum Gasteiger partial charge on any atom is -0.494 e. The molecule has 0 saturated heterocycles. The lowest BCUT2D eigenvalue weighted by atomic mass is 9.68. The van der Waals surface area contributed by atoms with Gasteiger partial charge in [-0.25, -0.2) is 4.39 Å². The van der Waals surface area contributed by atoms with Crippen LogP contribution in [0.15, 0.2) is 18.2 Å². The Morgan fingerprint density at radius 1 is 1.30 bits per heavy atom. The fourth-order valence-electron chi connectivity index (χ4n) is 3.48. The Morgan fingerprint density at radius 2 is 2.00 bits per heavy atom. The van der Waals surface area contributed by atoms with E-state index in [1.807, 2.05) is 6.07 Å². The number of hydrogen-bond donors (Lipinski definition) is 1. The van der Waals surface area contributed by atoms with Gasteiger partial charge in [-0.15, -0.1) is 0 Å².